The first-order valence-corrected chi connectivity index (χ1v) is 5.44. The van der Waals surface area contributed by atoms with E-state index in [2.05, 4.69) is 15.4 Å². The first-order valence-electron chi connectivity index (χ1n) is 5.44. The molecule has 0 aromatic heterocycles. The molecule has 0 spiro atoms. The number of urea groups is 1. The van der Waals surface area contributed by atoms with Crippen molar-refractivity contribution in [2.45, 2.75) is 12.6 Å². The van der Waals surface area contributed by atoms with E-state index < -0.39 is 24.6 Å². The second kappa shape index (κ2) is 7.29. The molecule has 2 amide bonds. The third kappa shape index (κ3) is 4.42. The van der Waals surface area contributed by atoms with Gasteiger partial charge in [-0.25, -0.2) is 9.59 Å². The molecule has 6 nitrogen and oxygen atoms in total. The first kappa shape index (κ1) is 14.0. The molecule has 0 bridgehead atoms. The van der Waals surface area contributed by atoms with Crippen molar-refractivity contribution in [2.24, 2.45) is 0 Å². The Morgan fingerprint density at radius 3 is 2.56 bits per heavy atom. The molecule has 1 aromatic rings. The van der Waals surface area contributed by atoms with Crippen LogP contribution in [0.15, 0.2) is 30.3 Å². The van der Waals surface area contributed by atoms with Gasteiger partial charge < -0.3 is 20.5 Å². The van der Waals surface area contributed by atoms with Gasteiger partial charge in [0.1, 0.15) is 0 Å². The lowest BCUT2D eigenvalue weighted by atomic mass is 10.2. The van der Waals surface area contributed by atoms with Crippen LogP contribution in [0.4, 0.5) is 4.79 Å². The highest BCUT2D eigenvalue weighted by molar-refractivity contribution is 5.83. The number of carbonyl (C=O) groups is 2. The highest BCUT2D eigenvalue weighted by Gasteiger charge is 2.19. The number of esters is 1. The second-order valence-corrected chi connectivity index (χ2v) is 3.57. The zero-order valence-electron chi connectivity index (χ0n) is 10.1. The molecule has 1 atom stereocenters. The SMILES string of the molecule is COC(=O)C(CO)NC(=O)NCc1ccccc1. The van der Waals surface area contributed by atoms with E-state index in [1.165, 1.54) is 7.11 Å². The van der Waals surface area contributed by atoms with E-state index in [9.17, 15) is 9.59 Å². The van der Waals surface area contributed by atoms with Crippen LogP contribution >= 0.6 is 0 Å². The fourth-order valence-electron chi connectivity index (χ4n) is 1.31. The van der Waals surface area contributed by atoms with Crippen molar-refractivity contribution in [1.82, 2.24) is 10.6 Å². The molecule has 0 aliphatic heterocycles. The summed E-state index contributed by atoms with van der Waals surface area (Å²) in [4.78, 5) is 22.6. The molecule has 1 aromatic carbocycles. The number of hydrogen-bond donors (Lipinski definition) is 3. The lowest BCUT2D eigenvalue weighted by Gasteiger charge is -2.14. The monoisotopic (exact) mass is 252 g/mol. The van der Waals surface area contributed by atoms with Crippen molar-refractivity contribution in [3.63, 3.8) is 0 Å². The van der Waals surface area contributed by atoms with Gasteiger partial charge in [0.25, 0.3) is 0 Å². The van der Waals surface area contributed by atoms with Gasteiger partial charge in [-0.15, -0.1) is 0 Å². The summed E-state index contributed by atoms with van der Waals surface area (Å²) >= 11 is 0. The molecule has 6 heteroatoms. The molecule has 0 aliphatic rings. The molecule has 98 valence electrons. The van der Waals surface area contributed by atoms with Crippen molar-refractivity contribution in [1.29, 1.82) is 0 Å². The van der Waals surface area contributed by atoms with Gasteiger partial charge in [0, 0.05) is 6.54 Å². The topological polar surface area (TPSA) is 87.7 Å². The van der Waals surface area contributed by atoms with Crippen LogP contribution in [0.5, 0.6) is 0 Å². The molecule has 3 N–H and O–H groups in total. The minimum Gasteiger partial charge on any atom is -0.467 e. The largest absolute Gasteiger partial charge is 0.467 e. The lowest BCUT2D eigenvalue weighted by molar-refractivity contribution is -0.143. The molecule has 18 heavy (non-hydrogen) atoms. The maximum Gasteiger partial charge on any atom is 0.330 e. The number of hydrogen-bond acceptors (Lipinski definition) is 4. The Balaban J connectivity index is 2.39. The van der Waals surface area contributed by atoms with Gasteiger partial charge in [0.05, 0.1) is 13.7 Å². The summed E-state index contributed by atoms with van der Waals surface area (Å²) in [5, 5.41) is 13.8. The van der Waals surface area contributed by atoms with E-state index in [4.69, 9.17) is 5.11 Å². The zero-order valence-corrected chi connectivity index (χ0v) is 10.1. The van der Waals surface area contributed by atoms with Gasteiger partial charge in [0.15, 0.2) is 6.04 Å². The molecule has 0 radical (unpaired) electrons. The van der Waals surface area contributed by atoms with E-state index in [1.54, 1.807) is 0 Å². The van der Waals surface area contributed by atoms with E-state index in [0.717, 1.165) is 5.56 Å². The average molecular weight is 252 g/mol. The van der Waals surface area contributed by atoms with Crippen LogP contribution in [0.2, 0.25) is 0 Å². The highest BCUT2D eigenvalue weighted by atomic mass is 16.5. The smallest absolute Gasteiger partial charge is 0.330 e. The number of aliphatic hydroxyl groups excluding tert-OH is 1. The molecule has 0 heterocycles. The number of ether oxygens (including phenoxy) is 1. The van der Waals surface area contributed by atoms with Crippen LogP contribution < -0.4 is 10.6 Å². The molecular weight excluding hydrogens is 236 g/mol. The van der Waals surface area contributed by atoms with Gasteiger partial charge in [-0.2, -0.15) is 0 Å². The zero-order chi connectivity index (χ0) is 13.4. The minimum atomic E-state index is -1.05. The van der Waals surface area contributed by atoms with Crippen molar-refractivity contribution in [2.75, 3.05) is 13.7 Å². The summed E-state index contributed by atoms with van der Waals surface area (Å²) in [5.74, 6) is -0.688. The van der Waals surface area contributed by atoms with E-state index in [0.29, 0.717) is 6.54 Å². The summed E-state index contributed by atoms with van der Waals surface area (Å²) in [7, 11) is 1.19. The van der Waals surface area contributed by atoms with Gasteiger partial charge in [-0.3, -0.25) is 0 Å². The quantitative estimate of drug-likeness (QED) is 0.645. The predicted molar refractivity (Wildman–Crippen MR) is 64.7 cm³/mol. The minimum absolute atomic E-state index is 0.339. The Hall–Kier alpha value is -2.08. The van der Waals surface area contributed by atoms with Crippen LogP contribution in [0.1, 0.15) is 5.56 Å². The van der Waals surface area contributed by atoms with Crippen LogP contribution in [-0.4, -0.2) is 36.9 Å². The number of benzene rings is 1. The fourth-order valence-corrected chi connectivity index (χ4v) is 1.31. The number of nitrogens with one attached hydrogen (secondary N) is 2. The van der Waals surface area contributed by atoms with Crippen LogP contribution in [0.25, 0.3) is 0 Å². The molecular formula is C12H16N2O4. The lowest BCUT2D eigenvalue weighted by Crippen LogP contribution is -2.48. The highest BCUT2D eigenvalue weighted by Crippen LogP contribution is 1.97. The van der Waals surface area contributed by atoms with Crippen LogP contribution in [0, 0.1) is 0 Å². The van der Waals surface area contributed by atoms with Crippen molar-refractivity contribution in [3.05, 3.63) is 35.9 Å². The molecule has 0 saturated carbocycles. The fraction of sp³-hybridized carbons (Fsp3) is 0.333. The molecule has 1 unspecified atom stereocenters. The summed E-state index contributed by atoms with van der Waals surface area (Å²) < 4.78 is 4.43. The Morgan fingerprint density at radius 2 is 2.00 bits per heavy atom. The molecule has 0 saturated heterocycles. The third-order valence-corrected chi connectivity index (χ3v) is 2.27. The Labute approximate surface area is 105 Å². The van der Waals surface area contributed by atoms with Gasteiger partial charge >= 0.3 is 12.0 Å². The Bertz CT molecular complexity index is 394. The number of carbonyl (C=O) groups excluding carboxylic acids is 2. The van der Waals surface area contributed by atoms with Crippen LogP contribution in [-0.2, 0) is 16.1 Å². The second-order valence-electron chi connectivity index (χ2n) is 3.57. The number of rotatable bonds is 5. The average Bonchev–Trinajstić information content (AvgIpc) is 2.42. The number of amides is 2. The first-order chi connectivity index (χ1) is 8.67. The maximum atomic E-state index is 11.5. The maximum absolute atomic E-state index is 11.5. The van der Waals surface area contributed by atoms with Crippen LogP contribution in [0.3, 0.4) is 0 Å². The summed E-state index contributed by atoms with van der Waals surface area (Å²) in [5.41, 5.74) is 0.936. The Morgan fingerprint density at radius 1 is 1.33 bits per heavy atom. The summed E-state index contributed by atoms with van der Waals surface area (Å²) in [6.07, 6.45) is 0. The number of methoxy groups -OCH3 is 1. The molecule has 0 aliphatic carbocycles. The Kier molecular flexibility index (Phi) is 5.66. The normalized spacial score (nSPS) is 11.4. The van der Waals surface area contributed by atoms with Gasteiger partial charge in [0.2, 0.25) is 0 Å². The van der Waals surface area contributed by atoms with Gasteiger partial charge in [-0.1, -0.05) is 30.3 Å². The van der Waals surface area contributed by atoms with Crippen molar-refractivity contribution < 1.29 is 19.4 Å². The molecule has 0 fully saturated rings. The summed E-state index contributed by atoms with van der Waals surface area (Å²) in [6.45, 7) is -0.169. The molecule has 1 rings (SSSR count). The van der Waals surface area contributed by atoms with Crippen molar-refractivity contribution >= 4 is 12.0 Å². The van der Waals surface area contributed by atoms with E-state index >= 15 is 0 Å². The third-order valence-electron chi connectivity index (χ3n) is 2.27. The van der Waals surface area contributed by atoms with Gasteiger partial charge in [-0.05, 0) is 5.56 Å². The predicted octanol–water partition coefficient (Wildman–Crippen LogP) is 0.0197. The standard InChI is InChI=1S/C12H16N2O4/c1-18-11(16)10(8-15)14-12(17)13-7-9-5-3-2-4-6-9/h2-6,10,15H,7-8H2,1H3,(H2,13,14,17). The number of aliphatic hydroxyl groups is 1. The van der Waals surface area contributed by atoms with E-state index in [1.807, 2.05) is 30.3 Å². The van der Waals surface area contributed by atoms with E-state index in [-0.39, 0.29) is 0 Å². The van der Waals surface area contributed by atoms with Crippen molar-refractivity contribution in [3.8, 4) is 0 Å². The summed E-state index contributed by atoms with van der Waals surface area (Å²) in [6, 6.07) is 7.74.